The van der Waals surface area contributed by atoms with E-state index in [2.05, 4.69) is 0 Å². The quantitative estimate of drug-likeness (QED) is 0.491. The Balaban J connectivity index is 1.81. The molecule has 1 saturated heterocycles. The molecule has 0 aromatic heterocycles. The zero-order valence-electron chi connectivity index (χ0n) is 15.2. The highest BCUT2D eigenvalue weighted by atomic mass is 19.4. The highest BCUT2D eigenvalue weighted by molar-refractivity contribution is 5.56. The van der Waals surface area contributed by atoms with Crippen LogP contribution in [0.1, 0.15) is 48.6 Å². The lowest BCUT2D eigenvalue weighted by Crippen LogP contribution is -2.20. The molecule has 3 rings (SSSR count). The van der Waals surface area contributed by atoms with Crippen LogP contribution in [0.4, 0.5) is 26.3 Å². The van der Waals surface area contributed by atoms with Crippen LogP contribution >= 0.6 is 0 Å². The van der Waals surface area contributed by atoms with Gasteiger partial charge in [-0.25, -0.2) is 0 Å². The van der Waals surface area contributed by atoms with Gasteiger partial charge in [-0.2, -0.15) is 26.3 Å². The zero-order chi connectivity index (χ0) is 20.7. The predicted octanol–water partition coefficient (Wildman–Crippen LogP) is 7.05. The van der Waals surface area contributed by atoms with Gasteiger partial charge in [0.15, 0.2) is 0 Å². The van der Waals surface area contributed by atoms with E-state index in [0.717, 1.165) is 29.8 Å². The summed E-state index contributed by atoms with van der Waals surface area (Å²) in [5.74, 6) is 0. The fourth-order valence-corrected chi connectivity index (χ4v) is 3.19. The maximum Gasteiger partial charge on any atom is 0.416 e. The molecule has 0 amide bonds. The molecule has 1 aliphatic heterocycles. The van der Waals surface area contributed by atoms with Gasteiger partial charge in [0.1, 0.15) is 0 Å². The Morgan fingerprint density at radius 3 is 1.75 bits per heavy atom. The van der Waals surface area contributed by atoms with Gasteiger partial charge in [0.2, 0.25) is 0 Å². The molecule has 0 aliphatic carbocycles. The molecule has 0 radical (unpaired) electrons. The molecule has 1 unspecified atom stereocenters. The van der Waals surface area contributed by atoms with Crippen molar-refractivity contribution in [3.8, 4) is 0 Å². The number of hydrogen-bond acceptors (Lipinski definition) is 1. The number of halogens is 6. The summed E-state index contributed by atoms with van der Waals surface area (Å²) in [6, 6.07) is 9.63. The van der Waals surface area contributed by atoms with E-state index in [1.54, 1.807) is 6.08 Å². The molecule has 1 atom stereocenters. The van der Waals surface area contributed by atoms with Gasteiger partial charge in [0.25, 0.3) is 0 Å². The third-order valence-corrected chi connectivity index (χ3v) is 4.80. The van der Waals surface area contributed by atoms with Crippen LogP contribution in [0.25, 0.3) is 6.08 Å². The molecule has 1 heterocycles. The second-order valence-electron chi connectivity index (χ2n) is 7.23. The summed E-state index contributed by atoms with van der Waals surface area (Å²) in [6.07, 6.45) is -7.00. The lowest BCUT2D eigenvalue weighted by molar-refractivity contribution is -0.138. The highest BCUT2D eigenvalue weighted by Crippen LogP contribution is 2.44. The number of ether oxygens (including phenoxy) is 1. The topological polar surface area (TPSA) is 9.23 Å². The number of benzene rings is 2. The summed E-state index contributed by atoms with van der Waals surface area (Å²) in [6.45, 7) is 3.65. The van der Waals surface area contributed by atoms with E-state index in [1.807, 2.05) is 13.8 Å². The molecule has 28 heavy (non-hydrogen) atoms. The smallest absolute Gasteiger partial charge is 0.363 e. The van der Waals surface area contributed by atoms with Gasteiger partial charge in [0.05, 0.1) is 22.8 Å². The molecule has 2 aromatic rings. The van der Waals surface area contributed by atoms with Crippen molar-refractivity contribution in [2.75, 3.05) is 0 Å². The molecule has 0 N–H and O–H groups in total. The van der Waals surface area contributed by atoms with Gasteiger partial charge in [-0.1, -0.05) is 30.3 Å². The third kappa shape index (κ3) is 4.41. The van der Waals surface area contributed by atoms with Crippen LogP contribution in [-0.4, -0.2) is 5.60 Å². The molecule has 0 bridgehead atoms. The zero-order valence-corrected chi connectivity index (χ0v) is 15.2. The van der Waals surface area contributed by atoms with E-state index in [0.29, 0.717) is 17.5 Å². The second kappa shape index (κ2) is 6.95. The van der Waals surface area contributed by atoms with E-state index >= 15 is 0 Å². The van der Waals surface area contributed by atoms with Crippen LogP contribution in [0, 0.1) is 0 Å². The van der Waals surface area contributed by atoms with Crippen molar-refractivity contribution in [3.63, 3.8) is 0 Å². The van der Waals surface area contributed by atoms with Gasteiger partial charge in [0, 0.05) is 6.42 Å². The average molecular weight is 400 g/mol. The SMILES string of the molecule is CC1(C)OC(c2ccc(C(F)(F)F)cc2)C/C1=C/c1ccc(C(F)(F)F)cc1. The van der Waals surface area contributed by atoms with E-state index in [-0.39, 0.29) is 0 Å². The Kier molecular flexibility index (Phi) is 5.08. The average Bonchev–Trinajstić information content (AvgIpc) is 2.88. The first-order valence-corrected chi connectivity index (χ1v) is 8.59. The van der Waals surface area contributed by atoms with Crippen LogP contribution in [0.5, 0.6) is 0 Å². The van der Waals surface area contributed by atoms with Crippen molar-refractivity contribution < 1.29 is 31.1 Å². The minimum Gasteiger partial charge on any atom is -0.363 e. The molecular formula is C21H18F6O. The number of hydrogen-bond donors (Lipinski definition) is 0. The Hall–Kier alpha value is -2.28. The van der Waals surface area contributed by atoms with E-state index in [1.165, 1.54) is 24.3 Å². The van der Waals surface area contributed by atoms with Gasteiger partial charge in [-0.05, 0) is 54.8 Å². The predicted molar refractivity (Wildman–Crippen MR) is 93.4 cm³/mol. The molecular weight excluding hydrogens is 382 g/mol. The maximum atomic E-state index is 12.7. The van der Waals surface area contributed by atoms with Crippen LogP contribution in [0.3, 0.4) is 0 Å². The van der Waals surface area contributed by atoms with Gasteiger partial charge in [-0.3, -0.25) is 0 Å². The van der Waals surface area contributed by atoms with E-state index in [9.17, 15) is 26.3 Å². The summed E-state index contributed by atoms with van der Waals surface area (Å²) in [5.41, 5.74) is -0.0502. The van der Waals surface area contributed by atoms with Crippen molar-refractivity contribution >= 4 is 6.08 Å². The van der Waals surface area contributed by atoms with E-state index in [4.69, 9.17) is 4.74 Å². The van der Waals surface area contributed by atoms with Crippen molar-refractivity contribution in [1.82, 2.24) is 0 Å². The molecule has 1 nitrogen and oxygen atoms in total. The van der Waals surface area contributed by atoms with Crippen molar-refractivity contribution in [2.45, 2.75) is 44.3 Å². The number of alkyl halides is 6. The molecule has 150 valence electrons. The summed E-state index contributed by atoms with van der Waals surface area (Å²) in [5, 5.41) is 0. The molecule has 1 fully saturated rings. The summed E-state index contributed by atoms with van der Waals surface area (Å²) < 4.78 is 82.2. The Bertz CT molecular complexity index is 858. The van der Waals surface area contributed by atoms with Crippen molar-refractivity contribution in [3.05, 3.63) is 76.4 Å². The summed E-state index contributed by atoms with van der Waals surface area (Å²) >= 11 is 0. The Morgan fingerprint density at radius 1 is 0.821 bits per heavy atom. The fourth-order valence-electron chi connectivity index (χ4n) is 3.19. The van der Waals surface area contributed by atoms with Crippen molar-refractivity contribution in [1.29, 1.82) is 0 Å². The largest absolute Gasteiger partial charge is 0.416 e. The van der Waals surface area contributed by atoms with Gasteiger partial charge in [-0.15, -0.1) is 0 Å². The Morgan fingerprint density at radius 2 is 1.29 bits per heavy atom. The molecule has 7 heteroatoms. The van der Waals surface area contributed by atoms with Crippen LogP contribution in [0.2, 0.25) is 0 Å². The third-order valence-electron chi connectivity index (χ3n) is 4.80. The normalized spacial score (nSPS) is 21.3. The standard InChI is InChI=1S/C21H18F6O/c1-19(2)17(11-13-3-7-15(8-4-13)20(22,23)24)12-18(28-19)14-5-9-16(10-6-14)21(25,26)27/h3-11,18H,12H2,1-2H3/b17-11-. The summed E-state index contributed by atoms with van der Waals surface area (Å²) in [4.78, 5) is 0. The lowest BCUT2D eigenvalue weighted by atomic mass is 9.93. The molecule has 0 saturated carbocycles. The first-order valence-electron chi connectivity index (χ1n) is 8.59. The first-order chi connectivity index (χ1) is 12.9. The minimum absolute atomic E-state index is 0.419. The first kappa shape index (κ1) is 20.5. The van der Waals surface area contributed by atoms with Gasteiger partial charge < -0.3 is 4.74 Å². The van der Waals surface area contributed by atoms with E-state index < -0.39 is 35.2 Å². The maximum absolute atomic E-state index is 12.7. The molecule has 0 spiro atoms. The minimum atomic E-state index is -4.40. The second-order valence-corrected chi connectivity index (χ2v) is 7.23. The Labute approximate surface area is 158 Å². The van der Waals surface area contributed by atoms with Crippen LogP contribution < -0.4 is 0 Å². The fraction of sp³-hybridized carbons (Fsp3) is 0.333. The highest BCUT2D eigenvalue weighted by Gasteiger charge is 2.38. The van der Waals surface area contributed by atoms with Gasteiger partial charge >= 0.3 is 12.4 Å². The number of rotatable bonds is 2. The van der Waals surface area contributed by atoms with Crippen LogP contribution in [-0.2, 0) is 17.1 Å². The lowest BCUT2D eigenvalue weighted by Gasteiger charge is -2.21. The summed E-state index contributed by atoms with van der Waals surface area (Å²) in [7, 11) is 0. The monoisotopic (exact) mass is 400 g/mol. The molecule has 1 aliphatic rings. The van der Waals surface area contributed by atoms with Crippen molar-refractivity contribution in [2.24, 2.45) is 0 Å². The molecule has 2 aromatic carbocycles. The van der Waals surface area contributed by atoms with Crippen LogP contribution in [0.15, 0.2) is 54.1 Å².